The Kier molecular flexibility index (Phi) is 4.54. The van der Waals surface area contributed by atoms with Crippen molar-refractivity contribution in [1.82, 2.24) is 0 Å². The van der Waals surface area contributed by atoms with Crippen molar-refractivity contribution in [3.05, 3.63) is 59.4 Å². The maximum Gasteiger partial charge on any atom is 0.446 e. The predicted molar refractivity (Wildman–Crippen MR) is 84.8 cm³/mol. The Morgan fingerprint density at radius 3 is 2.46 bits per heavy atom. The molecule has 0 unspecified atom stereocenters. The van der Waals surface area contributed by atoms with Crippen molar-refractivity contribution in [2.45, 2.75) is 23.2 Å². The fourth-order valence-electron chi connectivity index (χ4n) is 2.73. The normalized spacial score (nSPS) is 14.4. The largest absolute Gasteiger partial charge is 0.446 e. The number of carbonyl (C=O) groups is 1. The summed E-state index contributed by atoms with van der Waals surface area (Å²) in [6, 6.07) is 9.60. The lowest BCUT2D eigenvalue weighted by Crippen LogP contribution is -2.35. The summed E-state index contributed by atoms with van der Waals surface area (Å²) in [5.74, 6) is -0.650. The summed E-state index contributed by atoms with van der Waals surface area (Å²) in [6.07, 6.45) is 1.40. The van der Waals surface area contributed by atoms with Gasteiger partial charge in [-0.05, 0) is 72.6 Å². The first-order chi connectivity index (χ1) is 11.3. The summed E-state index contributed by atoms with van der Waals surface area (Å²) in [5, 5.41) is 0. The van der Waals surface area contributed by atoms with Crippen LogP contribution < -0.4 is 4.90 Å². The van der Waals surface area contributed by atoms with Crippen molar-refractivity contribution in [2.24, 2.45) is 0 Å². The molecule has 1 amide bonds. The molecule has 7 heteroatoms. The van der Waals surface area contributed by atoms with E-state index in [9.17, 15) is 22.4 Å². The van der Waals surface area contributed by atoms with Gasteiger partial charge in [0.25, 0.3) is 5.91 Å². The first kappa shape index (κ1) is 16.8. The minimum Gasteiger partial charge on any atom is -0.308 e. The molecule has 0 aliphatic carbocycles. The lowest BCUT2D eigenvalue weighted by molar-refractivity contribution is -0.0328. The van der Waals surface area contributed by atoms with Crippen LogP contribution in [-0.4, -0.2) is 18.0 Å². The van der Waals surface area contributed by atoms with Gasteiger partial charge >= 0.3 is 5.51 Å². The molecule has 0 N–H and O–H groups in total. The molecule has 1 aliphatic heterocycles. The van der Waals surface area contributed by atoms with Crippen LogP contribution in [0, 0.1) is 5.82 Å². The highest BCUT2D eigenvalue weighted by atomic mass is 32.2. The molecular weight excluding hydrogens is 342 g/mol. The van der Waals surface area contributed by atoms with E-state index in [1.165, 1.54) is 36.4 Å². The lowest BCUT2D eigenvalue weighted by atomic mass is 10.0. The summed E-state index contributed by atoms with van der Waals surface area (Å²) >= 11 is -0.220. The molecule has 3 rings (SSSR count). The molecule has 0 saturated carbocycles. The molecule has 2 nitrogen and oxygen atoms in total. The smallest absolute Gasteiger partial charge is 0.308 e. The maximum absolute atomic E-state index is 13.3. The Morgan fingerprint density at radius 1 is 1.08 bits per heavy atom. The number of benzene rings is 2. The van der Waals surface area contributed by atoms with Crippen LogP contribution in [0.5, 0.6) is 0 Å². The van der Waals surface area contributed by atoms with Crippen molar-refractivity contribution in [2.75, 3.05) is 11.4 Å². The molecule has 126 valence electrons. The third-order valence-electron chi connectivity index (χ3n) is 3.74. The molecule has 1 aliphatic rings. The Bertz CT molecular complexity index is 758. The number of carbonyl (C=O) groups excluding carboxylic acids is 1. The lowest BCUT2D eigenvalue weighted by Gasteiger charge is -2.29. The van der Waals surface area contributed by atoms with Crippen LogP contribution in [0.3, 0.4) is 0 Å². The van der Waals surface area contributed by atoms with E-state index in [2.05, 4.69) is 0 Å². The van der Waals surface area contributed by atoms with E-state index >= 15 is 0 Å². The third-order valence-corrected chi connectivity index (χ3v) is 4.48. The van der Waals surface area contributed by atoms with Crippen molar-refractivity contribution in [3.8, 4) is 0 Å². The van der Waals surface area contributed by atoms with Gasteiger partial charge in [-0.25, -0.2) is 4.39 Å². The first-order valence-corrected chi connectivity index (χ1v) is 8.11. The quantitative estimate of drug-likeness (QED) is 0.556. The number of amides is 1. The van der Waals surface area contributed by atoms with Gasteiger partial charge in [0, 0.05) is 22.7 Å². The second-order valence-corrected chi connectivity index (χ2v) is 6.54. The minimum absolute atomic E-state index is 0.0279. The number of hydrogen-bond acceptors (Lipinski definition) is 2. The average molecular weight is 355 g/mol. The highest BCUT2D eigenvalue weighted by molar-refractivity contribution is 8.00. The van der Waals surface area contributed by atoms with Crippen LogP contribution in [0.4, 0.5) is 23.2 Å². The summed E-state index contributed by atoms with van der Waals surface area (Å²) in [5.41, 5.74) is -2.64. The van der Waals surface area contributed by atoms with Crippen molar-refractivity contribution in [3.63, 3.8) is 0 Å². The number of nitrogens with zero attached hydrogens (tertiary/aromatic N) is 1. The Labute approximate surface area is 140 Å². The molecule has 24 heavy (non-hydrogen) atoms. The second-order valence-electron chi connectivity index (χ2n) is 5.41. The molecule has 0 fully saturated rings. The number of anilines is 1. The Hall–Kier alpha value is -2.02. The summed E-state index contributed by atoms with van der Waals surface area (Å²) < 4.78 is 50.4. The fourth-order valence-corrected chi connectivity index (χ4v) is 3.27. The Balaban J connectivity index is 1.83. The van der Waals surface area contributed by atoms with Crippen LogP contribution >= 0.6 is 11.8 Å². The van der Waals surface area contributed by atoms with E-state index in [1.54, 1.807) is 11.0 Å². The van der Waals surface area contributed by atoms with E-state index in [0.29, 0.717) is 30.6 Å². The molecule has 0 atom stereocenters. The molecule has 0 saturated heterocycles. The molecule has 0 bridgehead atoms. The van der Waals surface area contributed by atoms with Crippen molar-refractivity contribution < 1.29 is 22.4 Å². The summed E-state index contributed by atoms with van der Waals surface area (Å²) in [6.45, 7) is 0.497. The van der Waals surface area contributed by atoms with Gasteiger partial charge in [-0.1, -0.05) is 0 Å². The molecule has 1 heterocycles. The van der Waals surface area contributed by atoms with Crippen LogP contribution in [-0.2, 0) is 6.42 Å². The number of fused-ring (bicyclic) bond motifs is 1. The fraction of sp³-hybridized carbons (Fsp3) is 0.235. The summed E-state index contributed by atoms with van der Waals surface area (Å²) in [4.78, 5) is 14.2. The van der Waals surface area contributed by atoms with Gasteiger partial charge in [0.1, 0.15) is 5.82 Å². The monoisotopic (exact) mass is 355 g/mol. The number of rotatable bonds is 2. The molecular formula is C17H13F4NOS. The molecule has 2 aromatic rings. The standard InChI is InChI=1S/C17H13F4NOS/c18-13-5-8-15-12(10-13)2-1-9-22(15)16(23)11-3-6-14(7-4-11)24-17(19,20)21/h3-8,10H,1-2,9H2. The zero-order valence-electron chi connectivity index (χ0n) is 12.4. The minimum atomic E-state index is -4.36. The van der Waals surface area contributed by atoms with Gasteiger partial charge in [0.05, 0.1) is 0 Å². The number of aryl methyl sites for hydroxylation is 1. The molecule has 0 aromatic heterocycles. The highest BCUT2D eigenvalue weighted by Crippen LogP contribution is 2.37. The van der Waals surface area contributed by atoms with E-state index in [4.69, 9.17) is 0 Å². The third kappa shape index (κ3) is 3.72. The number of thioether (sulfide) groups is 1. The Morgan fingerprint density at radius 2 is 1.79 bits per heavy atom. The number of alkyl halides is 3. The molecule has 2 aromatic carbocycles. The van der Waals surface area contributed by atoms with Gasteiger partial charge in [-0.2, -0.15) is 13.2 Å². The zero-order chi connectivity index (χ0) is 17.3. The van der Waals surface area contributed by atoms with Gasteiger partial charge in [0.2, 0.25) is 0 Å². The SMILES string of the molecule is O=C(c1ccc(SC(F)(F)F)cc1)N1CCCc2cc(F)ccc21. The van der Waals surface area contributed by atoms with Crippen LogP contribution in [0.15, 0.2) is 47.4 Å². The van der Waals surface area contributed by atoms with E-state index in [-0.39, 0.29) is 28.4 Å². The van der Waals surface area contributed by atoms with Gasteiger partial charge in [-0.15, -0.1) is 0 Å². The van der Waals surface area contributed by atoms with Crippen LogP contribution in [0.2, 0.25) is 0 Å². The van der Waals surface area contributed by atoms with Crippen molar-refractivity contribution >= 4 is 23.4 Å². The second kappa shape index (κ2) is 6.47. The zero-order valence-corrected chi connectivity index (χ0v) is 13.3. The van der Waals surface area contributed by atoms with Crippen molar-refractivity contribution in [1.29, 1.82) is 0 Å². The van der Waals surface area contributed by atoms with E-state index in [0.717, 1.165) is 5.56 Å². The van der Waals surface area contributed by atoms with Gasteiger partial charge < -0.3 is 4.90 Å². The van der Waals surface area contributed by atoms with E-state index in [1.807, 2.05) is 0 Å². The van der Waals surface area contributed by atoms with Gasteiger partial charge in [-0.3, -0.25) is 4.79 Å². The molecule has 0 spiro atoms. The van der Waals surface area contributed by atoms with Gasteiger partial charge in [0.15, 0.2) is 0 Å². The van der Waals surface area contributed by atoms with Crippen LogP contribution in [0.25, 0.3) is 0 Å². The molecule has 0 radical (unpaired) electrons. The summed E-state index contributed by atoms with van der Waals surface area (Å²) in [7, 11) is 0. The number of hydrogen-bond donors (Lipinski definition) is 0. The van der Waals surface area contributed by atoms with E-state index < -0.39 is 5.51 Å². The van der Waals surface area contributed by atoms with Crippen LogP contribution in [0.1, 0.15) is 22.3 Å². The first-order valence-electron chi connectivity index (χ1n) is 7.29. The topological polar surface area (TPSA) is 20.3 Å². The number of halogens is 4. The average Bonchev–Trinajstić information content (AvgIpc) is 2.52. The highest BCUT2D eigenvalue weighted by Gasteiger charge is 2.29. The maximum atomic E-state index is 13.3. The predicted octanol–water partition coefficient (Wildman–Crippen LogP) is 5.03.